The van der Waals surface area contributed by atoms with E-state index < -0.39 is 34.0 Å². The lowest BCUT2D eigenvalue weighted by Crippen LogP contribution is -2.47. The molecule has 1 fully saturated rings. The second-order valence-electron chi connectivity index (χ2n) is 9.71. The van der Waals surface area contributed by atoms with Gasteiger partial charge in [-0.2, -0.15) is 4.31 Å². The third-order valence-electron chi connectivity index (χ3n) is 6.74. The highest BCUT2D eigenvalue weighted by Crippen LogP contribution is 2.26. The molecule has 2 heterocycles. The molecule has 0 aliphatic carbocycles. The Kier molecular flexibility index (Phi) is 10.6. The SMILES string of the molecule is COC(=O)[C@H](Cc1ccc(NC(=O)c2c(Cl)cncc2Cl)cc1)NC(=O)Nc1ccccc1S(=O)(=O)N1CCN(C)CC1. The molecule has 1 atom stereocenters. The minimum Gasteiger partial charge on any atom is -0.467 e. The number of rotatable bonds is 9. The molecule has 0 unspecified atom stereocenters. The number of hydrogen-bond acceptors (Lipinski definition) is 8. The Morgan fingerprint density at radius 2 is 1.58 bits per heavy atom. The second-order valence-corrected chi connectivity index (χ2v) is 12.4. The number of carbonyl (C=O) groups excluding carboxylic acids is 3. The van der Waals surface area contributed by atoms with Crippen LogP contribution in [0.15, 0.2) is 65.8 Å². The molecule has 3 aromatic rings. The zero-order chi connectivity index (χ0) is 31.1. The number of aromatic nitrogens is 1. The average Bonchev–Trinajstić information content (AvgIpc) is 2.97. The maximum atomic E-state index is 13.3. The van der Waals surface area contributed by atoms with Crippen molar-refractivity contribution in [2.45, 2.75) is 17.4 Å². The molecule has 4 rings (SSSR count). The molecule has 1 saturated heterocycles. The van der Waals surface area contributed by atoms with Crippen molar-refractivity contribution in [3.8, 4) is 0 Å². The normalized spacial score (nSPS) is 14.9. The number of urea groups is 1. The summed E-state index contributed by atoms with van der Waals surface area (Å²) in [7, 11) is -0.754. The topological polar surface area (TPSA) is 150 Å². The van der Waals surface area contributed by atoms with Crippen LogP contribution in [0.5, 0.6) is 0 Å². The molecule has 43 heavy (non-hydrogen) atoms. The zero-order valence-corrected chi connectivity index (χ0v) is 25.7. The van der Waals surface area contributed by atoms with Gasteiger partial charge in [0.15, 0.2) is 0 Å². The Morgan fingerprint density at radius 1 is 0.953 bits per heavy atom. The highest BCUT2D eigenvalue weighted by atomic mass is 35.5. The number of likely N-dealkylation sites (N-methyl/N-ethyl adjacent to an activating group) is 1. The Balaban J connectivity index is 1.43. The number of para-hydroxylation sites is 1. The molecular formula is C28H30Cl2N6O6S. The van der Waals surface area contributed by atoms with Crippen molar-refractivity contribution in [2.75, 3.05) is 51.0 Å². The van der Waals surface area contributed by atoms with Crippen molar-refractivity contribution in [3.63, 3.8) is 0 Å². The number of methoxy groups -OCH3 is 1. The number of amides is 3. The zero-order valence-electron chi connectivity index (χ0n) is 23.3. The summed E-state index contributed by atoms with van der Waals surface area (Å²) in [5.74, 6) is -1.22. The van der Waals surface area contributed by atoms with E-state index in [1.807, 2.05) is 11.9 Å². The van der Waals surface area contributed by atoms with Gasteiger partial charge >= 0.3 is 12.0 Å². The van der Waals surface area contributed by atoms with Gasteiger partial charge in [0.25, 0.3) is 5.91 Å². The number of nitrogens with zero attached hydrogens (tertiary/aromatic N) is 3. The molecule has 0 spiro atoms. The predicted molar refractivity (Wildman–Crippen MR) is 163 cm³/mol. The summed E-state index contributed by atoms with van der Waals surface area (Å²) in [6.07, 6.45) is 2.68. The molecule has 3 amide bonds. The average molecular weight is 650 g/mol. The summed E-state index contributed by atoms with van der Waals surface area (Å²) < 4.78 is 32.9. The van der Waals surface area contributed by atoms with Gasteiger partial charge in [0, 0.05) is 50.7 Å². The van der Waals surface area contributed by atoms with Crippen molar-refractivity contribution < 1.29 is 27.5 Å². The standard InChI is InChI=1S/C28H30Cl2N6O6S/c1-35-11-13-36(14-12-35)43(40,41)24-6-4-3-5-22(24)33-28(39)34-23(27(38)42-2)15-18-7-9-19(10-8-18)32-26(37)25-20(29)16-31-17-21(25)30/h3-10,16-17,23H,11-15H2,1-2H3,(H,32,37)(H2,33,34,39)/t23-/m0/s1. The molecule has 1 aromatic heterocycles. The molecule has 0 radical (unpaired) electrons. The van der Waals surface area contributed by atoms with Crippen LogP contribution in [-0.4, -0.2) is 86.9 Å². The van der Waals surface area contributed by atoms with E-state index in [1.54, 1.807) is 36.4 Å². The number of ether oxygens (including phenoxy) is 1. The first kappa shape index (κ1) is 32.2. The number of piperazine rings is 1. The van der Waals surface area contributed by atoms with Gasteiger partial charge in [0.1, 0.15) is 10.9 Å². The number of carbonyl (C=O) groups is 3. The molecule has 12 nitrogen and oxygen atoms in total. The van der Waals surface area contributed by atoms with Gasteiger partial charge in [-0.1, -0.05) is 47.5 Å². The van der Waals surface area contributed by atoms with Crippen LogP contribution in [0.3, 0.4) is 0 Å². The van der Waals surface area contributed by atoms with Crippen LogP contribution in [0.25, 0.3) is 0 Å². The molecule has 1 aliphatic heterocycles. The van der Waals surface area contributed by atoms with Crippen LogP contribution < -0.4 is 16.0 Å². The summed E-state index contributed by atoms with van der Waals surface area (Å²) in [5, 5.41) is 8.03. The number of nitrogens with one attached hydrogen (secondary N) is 3. The molecule has 1 aliphatic rings. The predicted octanol–water partition coefficient (Wildman–Crippen LogP) is 3.48. The van der Waals surface area contributed by atoms with Gasteiger partial charge in [-0.15, -0.1) is 0 Å². The molecule has 3 N–H and O–H groups in total. The number of sulfonamides is 1. The summed E-state index contributed by atoms with van der Waals surface area (Å²) >= 11 is 12.1. The first-order chi connectivity index (χ1) is 20.5. The summed E-state index contributed by atoms with van der Waals surface area (Å²) in [4.78, 5) is 44.0. The fourth-order valence-electron chi connectivity index (χ4n) is 4.40. The fraction of sp³-hybridized carbons (Fsp3) is 0.286. The van der Waals surface area contributed by atoms with Gasteiger partial charge in [-0.25, -0.2) is 18.0 Å². The summed E-state index contributed by atoms with van der Waals surface area (Å²) in [6.45, 7) is 1.85. The van der Waals surface area contributed by atoms with Crippen molar-refractivity contribution in [1.82, 2.24) is 19.5 Å². The quantitative estimate of drug-likeness (QED) is 0.299. The highest BCUT2D eigenvalue weighted by molar-refractivity contribution is 7.89. The van der Waals surface area contributed by atoms with Crippen molar-refractivity contribution >= 4 is 62.5 Å². The number of halogens is 2. The Morgan fingerprint density at radius 3 is 2.21 bits per heavy atom. The number of pyridine rings is 1. The van der Waals surface area contributed by atoms with Crippen molar-refractivity contribution in [3.05, 3.63) is 82.1 Å². The first-order valence-corrected chi connectivity index (χ1v) is 15.3. The number of benzene rings is 2. The van der Waals surface area contributed by atoms with E-state index >= 15 is 0 Å². The Hall–Kier alpha value is -3.75. The van der Waals surface area contributed by atoms with E-state index in [9.17, 15) is 22.8 Å². The van der Waals surface area contributed by atoms with E-state index in [1.165, 1.54) is 35.9 Å². The van der Waals surface area contributed by atoms with Gasteiger partial charge in [-0.05, 0) is 36.9 Å². The van der Waals surface area contributed by atoms with Gasteiger partial charge in [0.2, 0.25) is 10.0 Å². The smallest absolute Gasteiger partial charge is 0.328 e. The monoisotopic (exact) mass is 648 g/mol. The summed E-state index contributed by atoms with van der Waals surface area (Å²) in [5.41, 5.74) is 1.25. The molecule has 15 heteroatoms. The van der Waals surface area contributed by atoms with Crippen LogP contribution in [0, 0.1) is 0 Å². The molecule has 0 bridgehead atoms. The number of hydrogen-bond donors (Lipinski definition) is 3. The van der Waals surface area contributed by atoms with E-state index in [-0.39, 0.29) is 32.6 Å². The lowest BCUT2D eigenvalue weighted by atomic mass is 10.1. The maximum absolute atomic E-state index is 13.3. The molecule has 228 valence electrons. The van der Waals surface area contributed by atoms with E-state index in [4.69, 9.17) is 27.9 Å². The van der Waals surface area contributed by atoms with Crippen LogP contribution >= 0.6 is 23.2 Å². The third-order valence-corrected chi connectivity index (χ3v) is 9.27. The van der Waals surface area contributed by atoms with E-state index in [0.717, 1.165) is 0 Å². The third kappa shape index (κ3) is 8.00. The van der Waals surface area contributed by atoms with Gasteiger partial charge in [-0.3, -0.25) is 9.78 Å². The van der Waals surface area contributed by atoms with Crippen LogP contribution in [0.1, 0.15) is 15.9 Å². The van der Waals surface area contributed by atoms with Crippen LogP contribution in [0.2, 0.25) is 10.0 Å². The maximum Gasteiger partial charge on any atom is 0.328 e. The van der Waals surface area contributed by atoms with E-state index in [2.05, 4.69) is 20.9 Å². The highest BCUT2D eigenvalue weighted by Gasteiger charge is 2.30. The Bertz CT molecular complexity index is 1580. The van der Waals surface area contributed by atoms with Crippen LogP contribution in [-0.2, 0) is 26.0 Å². The fourth-order valence-corrected chi connectivity index (χ4v) is 6.50. The molecular weight excluding hydrogens is 619 g/mol. The molecule has 0 saturated carbocycles. The van der Waals surface area contributed by atoms with Crippen LogP contribution in [0.4, 0.5) is 16.2 Å². The minimum absolute atomic E-state index is 0.0451. The number of anilines is 2. The molecule has 2 aromatic carbocycles. The van der Waals surface area contributed by atoms with Crippen molar-refractivity contribution in [2.24, 2.45) is 0 Å². The van der Waals surface area contributed by atoms with E-state index in [0.29, 0.717) is 37.4 Å². The lowest BCUT2D eigenvalue weighted by Gasteiger charge is -2.32. The lowest BCUT2D eigenvalue weighted by molar-refractivity contribution is -0.142. The van der Waals surface area contributed by atoms with Gasteiger partial charge < -0.3 is 25.6 Å². The largest absolute Gasteiger partial charge is 0.467 e. The first-order valence-electron chi connectivity index (χ1n) is 13.1. The minimum atomic E-state index is -3.87. The van der Waals surface area contributed by atoms with Gasteiger partial charge in [0.05, 0.1) is 28.4 Å². The second kappa shape index (κ2) is 14.1. The summed E-state index contributed by atoms with van der Waals surface area (Å²) in [6, 6.07) is 10.8. The van der Waals surface area contributed by atoms with Crippen molar-refractivity contribution in [1.29, 1.82) is 0 Å². The number of esters is 1. The Labute approximate surface area is 259 Å².